The first-order valence-corrected chi connectivity index (χ1v) is 8.17. The fraction of sp³-hybridized carbons (Fsp3) is 0.278. The molecule has 0 aliphatic carbocycles. The monoisotopic (exact) mass is 385 g/mol. The smallest absolute Gasteiger partial charge is 0.452 e. The molecule has 0 fully saturated rings. The molecule has 138 valence electrons. The van der Waals surface area contributed by atoms with Gasteiger partial charge in [0.2, 0.25) is 0 Å². The Labute approximate surface area is 152 Å². The van der Waals surface area contributed by atoms with Crippen molar-refractivity contribution in [1.29, 1.82) is 0 Å². The van der Waals surface area contributed by atoms with Gasteiger partial charge in [-0.3, -0.25) is 0 Å². The van der Waals surface area contributed by atoms with Gasteiger partial charge in [-0.15, -0.1) is 0 Å². The van der Waals surface area contributed by atoms with Crippen LogP contribution in [0.5, 0.6) is 5.75 Å². The summed E-state index contributed by atoms with van der Waals surface area (Å²) in [5, 5.41) is 3.48. The summed E-state index contributed by atoms with van der Waals surface area (Å²) in [5.74, 6) is -1.92. The lowest BCUT2D eigenvalue weighted by molar-refractivity contribution is -0.215. The van der Waals surface area contributed by atoms with Crippen LogP contribution in [0.15, 0.2) is 36.4 Å². The number of benzene rings is 2. The largest absolute Gasteiger partial charge is 0.491 e. The molecule has 1 aliphatic rings. The van der Waals surface area contributed by atoms with E-state index in [0.29, 0.717) is 22.9 Å². The number of carbonyl (C=O) groups is 1. The van der Waals surface area contributed by atoms with Crippen LogP contribution >= 0.6 is 11.6 Å². The van der Waals surface area contributed by atoms with Gasteiger partial charge in [-0.05, 0) is 24.1 Å². The maximum Gasteiger partial charge on any atom is 0.491 e. The van der Waals surface area contributed by atoms with E-state index in [1.165, 1.54) is 0 Å². The molecule has 2 aromatic carbocycles. The summed E-state index contributed by atoms with van der Waals surface area (Å²) in [6.07, 6.45) is -6.48. The first kappa shape index (κ1) is 18.5. The number of halogens is 4. The maximum absolute atomic E-state index is 12.5. The molecule has 1 heterocycles. The van der Waals surface area contributed by atoms with Crippen LogP contribution in [0, 0.1) is 6.92 Å². The highest BCUT2D eigenvalue weighted by Crippen LogP contribution is 2.38. The van der Waals surface area contributed by atoms with Gasteiger partial charge in [0, 0.05) is 22.7 Å². The summed E-state index contributed by atoms with van der Waals surface area (Å²) in [6, 6.07) is 10.8. The molecule has 3 rings (SSSR count). The van der Waals surface area contributed by atoms with Gasteiger partial charge in [-0.25, -0.2) is 4.79 Å². The molecular weight excluding hydrogens is 371 g/mol. The number of para-hydroxylation sites is 1. The molecule has 0 amide bonds. The Morgan fingerprint density at radius 3 is 2.65 bits per heavy atom. The third-order valence-corrected chi connectivity index (χ3v) is 4.41. The SMILES string of the molecule is Cc1c(Cl)cccc1-c1cccc2c1OC(OC(=O)C(F)(F)F)CNC2. The molecule has 4 nitrogen and oxygen atoms in total. The van der Waals surface area contributed by atoms with Crippen molar-refractivity contribution in [1.82, 2.24) is 5.32 Å². The zero-order valence-corrected chi connectivity index (χ0v) is 14.4. The lowest BCUT2D eigenvalue weighted by atomic mass is 9.97. The molecule has 26 heavy (non-hydrogen) atoms. The van der Waals surface area contributed by atoms with Crippen molar-refractivity contribution in [3.63, 3.8) is 0 Å². The third kappa shape index (κ3) is 3.78. The Morgan fingerprint density at radius 1 is 1.23 bits per heavy atom. The second-order valence-electron chi connectivity index (χ2n) is 5.79. The molecule has 0 saturated heterocycles. The van der Waals surface area contributed by atoms with Crippen LogP contribution in [0.3, 0.4) is 0 Å². The fourth-order valence-electron chi connectivity index (χ4n) is 2.72. The van der Waals surface area contributed by atoms with Gasteiger partial charge in [0.25, 0.3) is 6.29 Å². The average molecular weight is 386 g/mol. The summed E-state index contributed by atoms with van der Waals surface area (Å²) >= 11 is 6.18. The van der Waals surface area contributed by atoms with E-state index in [2.05, 4.69) is 10.1 Å². The van der Waals surface area contributed by atoms with E-state index in [-0.39, 0.29) is 6.54 Å². The predicted molar refractivity (Wildman–Crippen MR) is 89.9 cm³/mol. The van der Waals surface area contributed by atoms with Gasteiger partial charge in [0.1, 0.15) is 5.75 Å². The normalized spacial score (nSPS) is 17.0. The van der Waals surface area contributed by atoms with Crippen molar-refractivity contribution in [2.75, 3.05) is 6.54 Å². The molecule has 0 bridgehead atoms. The third-order valence-electron chi connectivity index (χ3n) is 4.00. The van der Waals surface area contributed by atoms with E-state index < -0.39 is 18.4 Å². The summed E-state index contributed by atoms with van der Waals surface area (Å²) in [7, 11) is 0. The Kier molecular flexibility index (Phi) is 5.11. The van der Waals surface area contributed by atoms with E-state index in [4.69, 9.17) is 16.3 Å². The molecular formula is C18H15ClF3NO3. The van der Waals surface area contributed by atoms with Gasteiger partial charge in [-0.2, -0.15) is 13.2 Å². The molecule has 0 saturated carbocycles. The second-order valence-corrected chi connectivity index (χ2v) is 6.19. The number of hydrogen-bond acceptors (Lipinski definition) is 4. The molecule has 8 heteroatoms. The number of rotatable bonds is 2. The highest BCUT2D eigenvalue weighted by molar-refractivity contribution is 6.31. The Bertz CT molecular complexity index is 839. The van der Waals surface area contributed by atoms with Gasteiger partial charge in [0.15, 0.2) is 0 Å². The molecule has 1 aliphatic heterocycles. The zero-order chi connectivity index (χ0) is 18.9. The molecule has 1 N–H and O–H groups in total. The number of nitrogens with one attached hydrogen (secondary N) is 1. The van der Waals surface area contributed by atoms with Crippen molar-refractivity contribution in [3.8, 4) is 16.9 Å². The topological polar surface area (TPSA) is 47.6 Å². The van der Waals surface area contributed by atoms with Crippen LogP contribution in [-0.2, 0) is 16.1 Å². The standard InChI is InChI=1S/C18H15ClF3NO3/c1-10-12(5-3-7-14(10)19)13-6-2-4-11-8-23-9-15(25-16(11)13)26-17(24)18(20,21)22/h2-7,15,23H,8-9H2,1H3. The number of ether oxygens (including phenoxy) is 2. The van der Waals surface area contributed by atoms with E-state index >= 15 is 0 Å². The highest BCUT2D eigenvalue weighted by atomic mass is 35.5. The summed E-state index contributed by atoms with van der Waals surface area (Å²) in [4.78, 5) is 11.1. The summed E-state index contributed by atoms with van der Waals surface area (Å²) < 4.78 is 47.6. The van der Waals surface area contributed by atoms with Gasteiger partial charge >= 0.3 is 12.1 Å². The fourth-order valence-corrected chi connectivity index (χ4v) is 2.90. The molecule has 0 radical (unpaired) electrons. The summed E-state index contributed by atoms with van der Waals surface area (Å²) in [6.45, 7) is 2.14. The van der Waals surface area contributed by atoms with Crippen LogP contribution in [0.25, 0.3) is 11.1 Å². The van der Waals surface area contributed by atoms with Crippen molar-refractivity contribution in [2.45, 2.75) is 25.9 Å². The quantitative estimate of drug-likeness (QED) is 0.786. The Balaban J connectivity index is 1.98. The zero-order valence-electron chi connectivity index (χ0n) is 13.7. The number of carbonyl (C=O) groups excluding carboxylic acids is 1. The van der Waals surface area contributed by atoms with Crippen LogP contribution in [0.1, 0.15) is 11.1 Å². The van der Waals surface area contributed by atoms with Crippen molar-refractivity contribution in [3.05, 3.63) is 52.5 Å². The first-order valence-electron chi connectivity index (χ1n) is 7.80. The average Bonchev–Trinajstić information content (AvgIpc) is 2.78. The van der Waals surface area contributed by atoms with Crippen molar-refractivity contribution >= 4 is 17.6 Å². The van der Waals surface area contributed by atoms with E-state index in [1.807, 2.05) is 19.1 Å². The molecule has 0 aromatic heterocycles. The molecule has 1 atom stereocenters. The lowest BCUT2D eigenvalue weighted by Gasteiger charge is -2.21. The van der Waals surface area contributed by atoms with Crippen LogP contribution < -0.4 is 10.1 Å². The van der Waals surface area contributed by atoms with E-state index in [0.717, 1.165) is 16.7 Å². The van der Waals surface area contributed by atoms with E-state index in [1.54, 1.807) is 24.3 Å². The Morgan fingerprint density at radius 2 is 1.92 bits per heavy atom. The minimum absolute atomic E-state index is 0.0650. The number of esters is 1. The second kappa shape index (κ2) is 7.17. The lowest BCUT2D eigenvalue weighted by Crippen LogP contribution is -2.37. The van der Waals surface area contributed by atoms with Crippen molar-refractivity contribution < 1.29 is 27.4 Å². The molecule has 1 unspecified atom stereocenters. The minimum atomic E-state index is -5.08. The van der Waals surface area contributed by atoms with Gasteiger partial charge in [0.05, 0.1) is 6.54 Å². The predicted octanol–water partition coefficient (Wildman–Crippen LogP) is 4.23. The first-order chi connectivity index (χ1) is 12.3. The van der Waals surface area contributed by atoms with E-state index in [9.17, 15) is 18.0 Å². The minimum Gasteiger partial charge on any atom is -0.452 e. The van der Waals surface area contributed by atoms with Crippen LogP contribution in [-0.4, -0.2) is 25.0 Å². The maximum atomic E-state index is 12.5. The Hall–Kier alpha value is -2.25. The number of alkyl halides is 3. The number of fused-ring (bicyclic) bond motifs is 1. The van der Waals surface area contributed by atoms with Gasteiger partial charge < -0.3 is 14.8 Å². The van der Waals surface area contributed by atoms with Crippen LogP contribution in [0.2, 0.25) is 5.02 Å². The highest BCUT2D eigenvalue weighted by Gasteiger charge is 2.43. The molecule has 2 aromatic rings. The number of hydrogen-bond donors (Lipinski definition) is 1. The molecule has 0 spiro atoms. The van der Waals surface area contributed by atoms with Crippen molar-refractivity contribution in [2.24, 2.45) is 0 Å². The van der Waals surface area contributed by atoms with Crippen LogP contribution in [0.4, 0.5) is 13.2 Å². The van der Waals surface area contributed by atoms with Gasteiger partial charge in [-0.1, -0.05) is 41.9 Å². The summed E-state index contributed by atoms with van der Waals surface area (Å²) in [5.41, 5.74) is 3.01.